The predicted molar refractivity (Wildman–Crippen MR) is 112 cm³/mol. The van der Waals surface area contributed by atoms with Gasteiger partial charge in [-0.25, -0.2) is 0 Å². The normalized spacial score (nSPS) is 10.3. The van der Waals surface area contributed by atoms with Crippen LogP contribution in [-0.2, 0) is 14.3 Å². The van der Waals surface area contributed by atoms with Gasteiger partial charge in [0.05, 0.1) is 5.02 Å². The molecule has 3 amide bonds. The number of halogens is 1. The Kier molecular flexibility index (Phi) is 6.99. The minimum Gasteiger partial charge on any atom is -0.454 e. The quantitative estimate of drug-likeness (QED) is 0.398. The topological polar surface area (TPSA) is 114 Å². The maximum atomic E-state index is 12.3. The van der Waals surface area contributed by atoms with E-state index in [2.05, 4.69) is 16.2 Å². The van der Waals surface area contributed by atoms with Gasteiger partial charge in [-0.05, 0) is 18.2 Å². The fourth-order valence-electron chi connectivity index (χ4n) is 2.41. The second-order valence-corrected chi connectivity index (χ2v) is 7.38. The van der Waals surface area contributed by atoms with Gasteiger partial charge in [0.15, 0.2) is 6.61 Å². The van der Waals surface area contributed by atoms with E-state index in [0.29, 0.717) is 10.6 Å². The minimum atomic E-state index is -0.815. The molecule has 30 heavy (non-hydrogen) atoms. The van der Waals surface area contributed by atoms with Gasteiger partial charge in [0.25, 0.3) is 17.7 Å². The Morgan fingerprint density at radius 2 is 1.60 bits per heavy atom. The van der Waals surface area contributed by atoms with Crippen LogP contribution >= 0.6 is 22.9 Å². The van der Waals surface area contributed by atoms with Crippen molar-refractivity contribution in [2.45, 2.75) is 0 Å². The van der Waals surface area contributed by atoms with Crippen molar-refractivity contribution in [3.8, 4) is 0 Å². The number of esters is 1. The summed E-state index contributed by atoms with van der Waals surface area (Å²) in [6.45, 7) is -1.06. The molecule has 154 valence electrons. The molecule has 0 radical (unpaired) electrons. The van der Waals surface area contributed by atoms with E-state index in [0.717, 1.165) is 10.1 Å². The molecule has 0 saturated heterocycles. The molecule has 0 unspecified atom stereocenters. The van der Waals surface area contributed by atoms with Crippen LogP contribution in [0, 0.1) is 0 Å². The number of hydrazine groups is 1. The Morgan fingerprint density at radius 1 is 0.900 bits per heavy atom. The molecule has 0 aliphatic carbocycles. The number of benzene rings is 2. The van der Waals surface area contributed by atoms with Gasteiger partial charge < -0.3 is 10.1 Å². The van der Waals surface area contributed by atoms with Crippen molar-refractivity contribution in [2.75, 3.05) is 13.2 Å². The molecule has 3 aromatic rings. The average molecular weight is 446 g/mol. The summed E-state index contributed by atoms with van der Waals surface area (Å²) in [5.74, 6) is -2.57. The summed E-state index contributed by atoms with van der Waals surface area (Å²) in [6.07, 6.45) is 0. The third-order valence-electron chi connectivity index (χ3n) is 3.85. The summed E-state index contributed by atoms with van der Waals surface area (Å²) >= 11 is 7.43. The van der Waals surface area contributed by atoms with E-state index in [9.17, 15) is 19.2 Å². The number of amides is 3. The second kappa shape index (κ2) is 9.86. The van der Waals surface area contributed by atoms with E-state index in [-0.39, 0.29) is 4.88 Å². The number of carbonyl (C=O) groups excluding carboxylic acids is 4. The van der Waals surface area contributed by atoms with E-state index in [1.54, 1.807) is 36.4 Å². The zero-order chi connectivity index (χ0) is 21.5. The van der Waals surface area contributed by atoms with Gasteiger partial charge in [-0.3, -0.25) is 30.0 Å². The molecule has 10 heteroatoms. The molecule has 0 atom stereocenters. The zero-order valence-electron chi connectivity index (χ0n) is 15.4. The number of ether oxygens (including phenoxy) is 1. The molecule has 0 bridgehead atoms. The van der Waals surface area contributed by atoms with Crippen LogP contribution in [0.3, 0.4) is 0 Å². The average Bonchev–Trinajstić information content (AvgIpc) is 3.11. The van der Waals surface area contributed by atoms with Gasteiger partial charge in [0.2, 0.25) is 0 Å². The lowest BCUT2D eigenvalue weighted by Gasteiger charge is -2.08. The molecule has 0 spiro atoms. The summed E-state index contributed by atoms with van der Waals surface area (Å²) in [5, 5.41) is 3.48. The van der Waals surface area contributed by atoms with Gasteiger partial charge in [0.1, 0.15) is 11.4 Å². The van der Waals surface area contributed by atoms with Crippen molar-refractivity contribution >= 4 is 56.7 Å². The first-order chi connectivity index (χ1) is 14.5. The van der Waals surface area contributed by atoms with Crippen molar-refractivity contribution in [3.63, 3.8) is 0 Å². The van der Waals surface area contributed by atoms with E-state index >= 15 is 0 Å². The second-order valence-electron chi connectivity index (χ2n) is 5.95. The molecule has 1 heterocycles. The molecule has 0 aliphatic rings. The Hall–Kier alpha value is -3.43. The van der Waals surface area contributed by atoms with E-state index in [1.165, 1.54) is 11.3 Å². The fraction of sp³-hybridized carbons (Fsp3) is 0.100. The maximum absolute atomic E-state index is 12.3. The predicted octanol–water partition coefficient (Wildman–Crippen LogP) is 2.29. The molecule has 0 fully saturated rings. The summed E-state index contributed by atoms with van der Waals surface area (Å²) in [4.78, 5) is 47.8. The summed E-state index contributed by atoms with van der Waals surface area (Å²) in [7, 11) is 0. The highest BCUT2D eigenvalue weighted by Gasteiger charge is 2.18. The Balaban J connectivity index is 1.41. The highest BCUT2D eigenvalue weighted by Crippen LogP contribution is 2.34. The van der Waals surface area contributed by atoms with Crippen molar-refractivity contribution in [2.24, 2.45) is 0 Å². The van der Waals surface area contributed by atoms with Gasteiger partial charge in [-0.15, -0.1) is 11.3 Å². The van der Waals surface area contributed by atoms with E-state index in [1.807, 2.05) is 18.2 Å². The molecular formula is C20H16ClN3O5S. The number of hydrogen-bond donors (Lipinski definition) is 3. The first-order valence-corrected chi connectivity index (χ1v) is 9.90. The van der Waals surface area contributed by atoms with Crippen LogP contribution in [0.2, 0.25) is 5.02 Å². The lowest BCUT2D eigenvalue weighted by atomic mass is 10.2. The van der Waals surface area contributed by atoms with Crippen molar-refractivity contribution in [1.82, 2.24) is 16.2 Å². The molecule has 0 aliphatic heterocycles. The summed E-state index contributed by atoms with van der Waals surface area (Å²) in [6, 6.07) is 15.6. The summed E-state index contributed by atoms with van der Waals surface area (Å²) < 4.78 is 5.62. The molecule has 2 aromatic carbocycles. The molecule has 3 rings (SSSR count). The number of nitrogens with one attached hydrogen (secondary N) is 3. The van der Waals surface area contributed by atoms with Crippen LogP contribution < -0.4 is 16.2 Å². The summed E-state index contributed by atoms with van der Waals surface area (Å²) in [5.41, 5.74) is 4.69. The lowest BCUT2D eigenvalue weighted by molar-refractivity contribution is -0.147. The van der Waals surface area contributed by atoms with Crippen molar-refractivity contribution in [3.05, 3.63) is 70.1 Å². The van der Waals surface area contributed by atoms with Crippen LogP contribution in [0.4, 0.5) is 0 Å². The SMILES string of the molecule is O=C(COC(=O)CNC(=O)c1sc2ccccc2c1Cl)NNC(=O)c1ccccc1. The number of hydrogen-bond acceptors (Lipinski definition) is 6. The lowest BCUT2D eigenvalue weighted by Crippen LogP contribution is -2.44. The van der Waals surface area contributed by atoms with Crippen LogP contribution in [0.5, 0.6) is 0 Å². The molecule has 3 N–H and O–H groups in total. The highest BCUT2D eigenvalue weighted by atomic mass is 35.5. The smallest absolute Gasteiger partial charge is 0.325 e. The first-order valence-electron chi connectivity index (χ1n) is 8.71. The van der Waals surface area contributed by atoms with Crippen molar-refractivity contribution in [1.29, 1.82) is 0 Å². The Bertz CT molecular complexity index is 1100. The third-order valence-corrected chi connectivity index (χ3v) is 5.52. The van der Waals surface area contributed by atoms with Crippen LogP contribution in [0.1, 0.15) is 20.0 Å². The molecule has 0 saturated carbocycles. The zero-order valence-corrected chi connectivity index (χ0v) is 17.0. The Labute approximate surface area is 180 Å². The first kappa shape index (κ1) is 21.3. The Morgan fingerprint density at radius 3 is 2.33 bits per heavy atom. The number of thiophene rings is 1. The van der Waals surface area contributed by atoms with Gasteiger partial charge >= 0.3 is 5.97 Å². The largest absolute Gasteiger partial charge is 0.454 e. The van der Waals surface area contributed by atoms with E-state index < -0.39 is 36.8 Å². The number of carbonyl (C=O) groups is 4. The monoisotopic (exact) mass is 445 g/mol. The van der Waals surface area contributed by atoms with Gasteiger partial charge in [0, 0.05) is 15.6 Å². The van der Waals surface area contributed by atoms with Gasteiger partial charge in [-0.2, -0.15) is 0 Å². The number of rotatable bonds is 6. The van der Waals surface area contributed by atoms with Gasteiger partial charge in [-0.1, -0.05) is 48.0 Å². The standard InChI is InChI=1S/C20H16ClN3O5S/c21-17-13-8-4-5-9-14(13)30-18(17)20(28)22-10-16(26)29-11-15(25)23-24-19(27)12-6-2-1-3-7-12/h1-9H,10-11H2,(H,22,28)(H,23,25)(H,24,27). The van der Waals surface area contributed by atoms with Crippen LogP contribution in [0.25, 0.3) is 10.1 Å². The van der Waals surface area contributed by atoms with Crippen molar-refractivity contribution < 1.29 is 23.9 Å². The third kappa shape index (κ3) is 5.34. The minimum absolute atomic E-state index is 0.284. The highest BCUT2D eigenvalue weighted by molar-refractivity contribution is 7.21. The molecule has 8 nitrogen and oxygen atoms in total. The maximum Gasteiger partial charge on any atom is 0.325 e. The van der Waals surface area contributed by atoms with Crippen LogP contribution in [0.15, 0.2) is 54.6 Å². The fourth-order valence-corrected chi connectivity index (χ4v) is 3.85. The number of fused-ring (bicyclic) bond motifs is 1. The van der Waals surface area contributed by atoms with E-state index in [4.69, 9.17) is 16.3 Å². The molecule has 1 aromatic heterocycles. The van der Waals surface area contributed by atoms with Crippen LogP contribution in [-0.4, -0.2) is 36.8 Å². The molecular weight excluding hydrogens is 430 g/mol.